The lowest BCUT2D eigenvalue weighted by atomic mass is 10.2. The van der Waals surface area contributed by atoms with Crippen molar-refractivity contribution in [3.63, 3.8) is 0 Å². The number of carbonyl (C=O) groups is 1. The van der Waals surface area contributed by atoms with Crippen LogP contribution in [-0.4, -0.2) is 29.6 Å². The zero-order valence-corrected chi connectivity index (χ0v) is 16.2. The van der Waals surface area contributed by atoms with Gasteiger partial charge in [0.2, 0.25) is 0 Å². The largest absolute Gasteiger partial charge is 0.497 e. The minimum atomic E-state index is -0.331. The molecule has 1 aromatic heterocycles. The molecule has 130 valence electrons. The van der Waals surface area contributed by atoms with E-state index in [0.29, 0.717) is 15.4 Å². The fourth-order valence-electron chi connectivity index (χ4n) is 2.44. The summed E-state index contributed by atoms with van der Waals surface area (Å²) in [4.78, 5) is 17.6. The Balaban J connectivity index is 2.13. The van der Waals surface area contributed by atoms with E-state index in [1.807, 2.05) is 18.2 Å². The van der Waals surface area contributed by atoms with Gasteiger partial charge in [-0.3, -0.25) is 4.79 Å². The second kappa shape index (κ2) is 8.08. The topological polar surface area (TPSA) is 43.6 Å². The first-order valence-corrected chi connectivity index (χ1v) is 10.2. The van der Waals surface area contributed by atoms with E-state index in [2.05, 4.69) is 15.8 Å². The lowest BCUT2D eigenvalue weighted by Gasteiger charge is -2.05. The van der Waals surface area contributed by atoms with Gasteiger partial charge in [0.15, 0.2) is 4.80 Å². The van der Waals surface area contributed by atoms with Crippen LogP contribution in [0.5, 0.6) is 5.75 Å². The van der Waals surface area contributed by atoms with Crippen molar-refractivity contribution >= 4 is 50.8 Å². The number of amides is 1. The standard InChI is InChI=1S/C18H17ClN2O2S2/c1-23-12-7-8-16-15(11-12)21(9-10-24-2)18(25-16)20-17(22)13-5-3-4-6-14(13)19/h3-8,11H,9-10H2,1-2H3. The van der Waals surface area contributed by atoms with Crippen molar-refractivity contribution in [3.05, 3.63) is 57.9 Å². The Kier molecular flexibility index (Phi) is 5.83. The highest BCUT2D eigenvalue weighted by atomic mass is 35.5. The lowest BCUT2D eigenvalue weighted by Crippen LogP contribution is -2.18. The summed E-state index contributed by atoms with van der Waals surface area (Å²) >= 11 is 9.36. The quantitative estimate of drug-likeness (QED) is 0.643. The monoisotopic (exact) mass is 392 g/mol. The molecule has 0 N–H and O–H groups in total. The first-order chi connectivity index (χ1) is 12.1. The summed E-state index contributed by atoms with van der Waals surface area (Å²) in [7, 11) is 1.64. The van der Waals surface area contributed by atoms with Crippen LogP contribution in [0, 0.1) is 0 Å². The van der Waals surface area contributed by atoms with E-state index in [1.54, 1.807) is 43.1 Å². The Hall–Kier alpha value is -1.76. The molecule has 0 atom stereocenters. The van der Waals surface area contributed by atoms with E-state index >= 15 is 0 Å². The summed E-state index contributed by atoms with van der Waals surface area (Å²) in [6.45, 7) is 0.767. The van der Waals surface area contributed by atoms with E-state index < -0.39 is 0 Å². The highest BCUT2D eigenvalue weighted by Gasteiger charge is 2.12. The average molecular weight is 393 g/mol. The predicted octanol–water partition coefficient (Wildman–Crippen LogP) is 4.47. The molecule has 3 rings (SSSR count). The number of aromatic nitrogens is 1. The second-order valence-corrected chi connectivity index (χ2v) is 7.66. The summed E-state index contributed by atoms with van der Waals surface area (Å²) in [6.07, 6.45) is 2.06. The van der Waals surface area contributed by atoms with Crippen LogP contribution in [0.3, 0.4) is 0 Å². The molecule has 1 amide bonds. The molecular formula is C18H17ClN2O2S2. The number of carbonyl (C=O) groups excluding carboxylic acids is 1. The first kappa shape index (κ1) is 18.0. The van der Waals surface area contributed by atoms with Crippen molar-refractivity contribution in [2.24, 2.45) is 4.99 Å². The number of thioether (sulfide) groups is 1. The Morgan fingerprint density at radius 2 is 2.12 bits per heavy atom. The van der Waals surface area contributed by atoms with Crippen LogP contribution in [0.4, 0.5) is 0 Å². The number of thiazole rings is 1. The molecule has 0 saturated heterocycles. The number of nitrogens with zero attached hydrogens (tertiary/aromatic N) is 2. The number of benzene rings is 2. The van der Waals surface area contributed by atoms with Crippen molar-refractivity contribution in [1.29, 1.82) is 0 Å². The smallest absolute Gasteiger partial charge is 0.281 e. The van der Waals surface area contributed by atoms with Gasteiger partial charge < -0.3 is 9.30 Å². The summed E-state index contributed by atoms with van der Waals surface area (Å²) in [5, 5.41) is 0.412. The number of rotatable bonds is 5. The van der Waals surface area contributed by atoms with Crippen molar-refractivity contribution in [3.8, 4) is 5.75 Å². The van der Waals surface area contributed by atoms with Gasteiger partial charge in [-0.15, -0.1) is 0 Å². The lowest BCUT2D eigenvalue weighted by molar-refractivity contribution is 0.0998. The second-order valence-electron chi connectivity index (χ2n) is 5.26. The molecule has 4 nitrogen and oxygen atoms in total. The maximum absolute atomic E-state index is 12.6. The summed E-state index contributed by atoms with van der Waals surface area (Å²) in [6, 6.07) is 12.9. The normalized spacial score (nSPS) is 11.9. The molecule has 0 fully saturated rings. The van der Waals surface area contributed by atoms with Crippen LogP contribution < -0.4 is 9.54 Å². The van der Waals surface area contributed by atoms with Crippen LogP contribution in [0.1, 0.15) is 10.4 Å². The molecule has 0 unspecified atom stereocenters. The van der Waals surface area contributed by atoms with Crippen molar-refractivity contribution in [1.82, 2.24) is 4.57 Å². The zero-order valence-electron chi connectivity index (χ0n) is 13.9. The molecule has 0 aliphatic rings. The number of ether oxygens (including phenoxy) is 1. The maximum atomic E-state index is 12.6. The van der Waals surface area contributed by atoms with Crippen LogP contribution in [-0.2, 0) is 6.54 Å². The van der Waals surface area contributed by atoms with E-state index in [0.717, 1.165) is 28.3 Å². The number of methoxy groups -OCH3 is 1. The van der Waals surface area contributed by atoms with Gasteiger partial charge in [0.1, 0.15) is 5.75 Å². The van der Waals surface area contributed by atoms with E-state index in [1.165, 1.54) is 11.3 Å². The number of hydrogen-bond donors (Lipinski definition) is 0. The highest BCUT2D eigenvalue weighted by molar-refractivity contribution is 7.98. The van der Waals surface area contributed by atoms with Gasteiger partial charge in [0, 0.05) is 18.4 Å². The van der Waals surface area contributed by atoms with Crippen LogP contribution in [0.15, 0.2) is 47.5 Å². The third kappa shape index (κ3) is 3.92. The number of fused-ring (bicyclic) bond motifs is 1. The number of hydrogen-bond acceptors (Lipinski definition) is 4. The molecule has 0 aliphatic heterocycles. The molecule has 0 bridgehead atoms. The van der Waals surface area contributed by atoms with Gasteiger partial charge in [-0.2, -0.15) is 16.8 Å². The molecule has 0 saturated carbocycles. The van der Waals surface area contributed by atoms with Gasteiger partial charge in [-0.1, -0.05) is 35.1 Å². The van der Waals surface area contributed by atoms with Crippen molar-refractivity contribution in [2.45, 2.75) is 6.54 Å². The average Bonchev–Trinajstić information content (AvgIpc) is 2.96. The van der Waals surface area contributed by atoms with Crippen LogP contribution >= 0.6 is 34.7 Å². The van der Waals surface area contributed by atoms with Gasteiger partial charge in [-0.25, -0.2) is 0 Å². The molecular weight excluding hydrogens is 376 g/mol. The minimum absolute atomic E-state index is 0.331. The molecule has 25 heavy (non-hydrogen) atoms. The van der Waals surface area contributed by atoms with E-state index in [-0.39, 0.29) is 5.91 Å². The molecule has 1 heterocycles. The van der Waals surface area contributed by atoms with E-state index in [4.69, 9.17) is 16.3 Å². The third-order valence-corrected chi connectivity index (χ3v) is 5.69. The molecule has 7 heteroatoms. The van der Waals surface area contributed by atoms with Gasteiger partial charge in [-0.05, 0) is 30.5 Å². The Bertz CT molecular complexity index is 979. The van der Waals surface area contributed by atoms with Gasteiger partial charge in [0.05, 0.1) is 27.9 Å². The first-order valence-electron chi connectivity index (χ1n) is 7.64. The van der Waals surface area contributed by atoms with E-state index in [9.17, 15) is 4.79 Å². The Labute approximate surface area is 159 Å². The third-order valence-electron chi connectivity index (χ3n) is 3.71. The minimum Gasteiger partial charge on any atom is -0.497 e. The fraction of sp³-hybridized carbons (Fsp3) is 0.222. The summed E-state index contributed by atoms with van der Waals surface area (Å²) in [5.74, 6) is 1.38. The predicted molar refractivity (Wildman–Crippen MR) is 106 cm³/mol. The maximum Gasteiger partial charge on any atom is 0.281 e. The molecule has 0 spiro atoms. The van der Waals surface area contributed by atoms with Crippen molar-refractivity contribution < 1.29 is 9.53 Å². The Morgan fingerprint density at radius 3 is 2.84 bits per heavy atom. The number of aryl methyl sites for hydroxylation is 1. The van der Waals surface area contributed by atoms with Crippen LogP contribution in [0.25, 0.3) is 10.2 Å². The summed E-state index contributed by atoms with van der Waals surface area (Å²) < 4.78 is 8.45. The van der Waals surface area contributed by atoms with Crippen molar-refractivity contribution in [2.75, 3.05) is 19.1 Å². The van der Waals surface area contributed by atoms with Gasteiger partial charge in [0.25, 0.3) is 5.91 Å². The SMILES string of the molecule is COc1ccc2sc(=NC(=O)c3ccccc3Cl)n(CCSC)c2c1. The Morgan fingerprint density at radius 1 is 1.32 bits per heavy atom. The summed E-state index contributed by atoms with van der Waals surface area (Å²) in [5.41, 5.74) is 1.43. The molecule has 2 aromatic carbocycles. The molecule has 0 aliphatic carbocycles. The number of halogens is 1. The van der Waals surface area contributed by atoms with Crippen LogP contribution in [0.2, 0.25) is 5.02 Å². The zero-order chi connectivity index (χ0) is 17.8. The highest BCUT2D eigenvalue weighted by Crippen LogP contribution is 2.23. The molecule has 0 radical (unpaired) electrons. The van der Waals surface area contributed by atoms with Gasteiger partial charge >= 0.3 is 0 Å². The molecule has 3 aromatic rings. The fourth-order valence-corrected chi connectivity index (χ4v) is 4.06.